The van der Waals surface area contributed by atoms with E-state index in [4.69, 9.17) is 0 Å². The van der Waals surface area contributed by atoms with E-state index in [9.17, 15) is 20.0 Å². The van der Waals surface area contributed by atoms with Gasteiger partial charge < -0.3 is 5.11 Å². The maximum Gasteiger partial charge on any atom is 0.289 e. The van der Waals surface area contributed by atoms with E-state index in [0.717, 1.165) is 24.4 Å². The third-order valence-electron chi connectivity index (χ3n) is 2.46. The summed E-state index contributed by atoms with van der Waals surface area (Å²) < 4.78 is 0. The van der Waals surface area contributed by atoms with Crippen molar-refractivity contribution in [3.63, 3.8) is 0 Å². The van der Waals surface area contributed by atoms with Gasteiger partial charge in [0.05, 0.1) is 16.7 Å². The van der Waals surface area contributed by atoms with Crippen LogP contribution in [0.4, 0.5) is 5.69 Å². The summed E-state index contributed by atoms with van der Waals surface area (Å²) in [6, 6.07) is 8.02. The van der Waals surface area contributed by atoms with Crippen molar-refractivity contribution in [3.8, 4) is 5.75 Å². The summed E-state index contributed by atoms with van der Waals surface area (Å²) in [6.07, 6.45) is 2.49. The number of nitro groups is 1. The number of hydrogen-bond acceptors (Lipinski definition) is 6. The molecule has 0 bridgehead atoms. The molecule has 21 heavy (non-hydrogen) atoms. The Bertz CT molecular complexity index is 701. The van der Waals surface area contributed by atoms with Crippen LogP contribution < -0.4 is 10.5 Å². The van der Waals surface area contributed by atoms with Crippen LogP contribution in [0.25, 0.3) is 0 Å². The first-order chi connectivity index (χ1) is 10.1. The van der Waals surface area contributed by atoms with Crippen molar-refractivity contribution in [2.75, 3.05) is 0 Å². The largest absolute Gasteiger partial charge is 0.872 e. The first-order valence-corrected chi connectivity index (χ1v) is 5.78. The summed E-state index contributed by atoms with van der Waals surface area (Å²) in [5.74, 6) is -0.953. The van der Waals surface area contributed by atoms with E-state index < -0.39 is 16.6 Å². The number of benzene rings is 1. The Kier molecular flexibility index (Phi) is 4.20. The maximum atomic E-state index is 11.6. The Hall–Kier alpha value is -3.29. The monoisotopic (exact) mass is 285 g/mol. The fourth-order valence-corrected chi connectivity index (χ4v) is 1.52. The van der Waals surface area contributed by atoms with Gasteiger partial charge in [0, 0.05) is 12.3 Å². The molecule has 1 amide bonds. The summed E-state index contributed by atoms with van der Waals surface area (Å²) in [4.78, 5) is 25.6. The molecule has 1 heterocycles. The van der Waals surface area contributed by atoms with Crippen LogP contribution in [0.5, 0.6) is 5.75 Å². The molecule has 0 radical (unpaired) electrons. The lowest BCUT2D eigenvalue weighted by Crippen LogP contribution is -2.18. The number of carbonyl (C=O) groups excluding carboxylic acids is 1. The van der Waals surface area contributed by atoms with E-state index in [2.05, 4.69) is 15.5 Å². The number of carbonyl (C=O) groups is 1. The quantitative estimate of drug-likeness (QED) is 0.506. The number of hydrazone groups is 1. The van der Waals surface area contributed by atoms with E-state index in [1.165, 1.54) is 12.3 Å². The molecule has 0 unspecified atom stereocenters. The van der Waals surface area contributed by atoms with Gasteiger partial charge in [-0.05, 0) is 12.1 Å². The number of nitro benzene ring substituents is 1. The van der Waals surface area contributed by atoms with Gasteiger partial charge in [0.1, 0.15) is 5.69 Å². The zero-order valence-corrected chi connectivity index (χ0v) is 10.6. The highest BCUT2D eigenvalue weighted by Crippen LogP contribution is 2.19. The summed E-state index contributed by atoms with van der Waals surface area (Å²) in [5.41, 5.74) is 2.07. The van der Waals surface area contributed by atoms with Gasteiger partial charge >= 0.3 is 0 Å². The molecule has 0 saturated heterocycles. The summed E-state index contributed by atoms with van der Waals surface area (Å²) in [5, 5.41) is 25.6. The van der Waals surface area contributed by atoms with E-state index in [1.54, 1.807) is 12.1 Å². The van der Waals surface area contributed by atoms with E-state index >= 15 is 0 Å². The number of hydrogen-bond donors (Lipinski definition) is 1. The van der Waals surface area contributed by atoms with Gasteiger partial charge in [0.2, 0.25) is 0 Å². The lowest BCUT2D eigenvalue weighted by molar-refractivity contribution is -0.385. The molecule has 0 aliphatic carbocycles. The van der Waals surface area contributed by atoms with E-state index in [0.29, 0.717) is 0 Å². The van der Waals surface area contributed by atoms with Crippen LogP contribution in [0.15, 0.2) is 47.7 Å². The van der Waals surface area contributed by atoms with Crippen LogP contribution in [0.2, 0.25) is 0 Å². The number of rotatable bonds is 4. The second kappa shape index (κ2) is 6.24. The number of aromatic nitrogens is 1. The molecule has 1 aromatic carbocycles. The smallest absolute Gasteiger partial charge is 0.289 e. The fourth-order valence-electron chi connectivity index (χ4n) is 1.52. The normalized spacial score (nSPS) is 10.5. The van der Waals surface area contributed by atoms with E-state index in [1.807, 2.05) is 0 Å². The highest BCUT2D eigenvalue weighted by molar-refractivity contribution is 5.93. The Morgan fingerprint density at radius 2 is 2.14 bits per heavy atom. The molecule has 0 aliphatic heterocycles. The van der Waals surface area contributed by atoms with Crippen LogP contribution >= 0.6 is 0 Å². The molecule has 2 rings (SSSR count). The molecule has 1 N–H and O–H groups in total. The molecular weight excluding hydrogens is 276 g/mol. The van der Waals surface area contributed by atoms with Gasteiger partial charge in [-0.1, -0.05) is 18.2 Å². The Morgan fingerprint density at radius 1 is 1.33 bits per heavy atom. The predicted molar refractivity (Wildman–Crippen MR) is 71.8 cm³/mol. The lowest BCUT2D eigenvalue weighted by atomic mass is 10.2. The third-order valence-corrected chi connectivity index (χ3v) is 2.46. The SMILES string of the molecule is O=C(N/N=C\c1cc([O-])ccc1[N+](=O)[O-])c1ccccn1. The number of pyridine rings is 1. The molecule has 0 aliphatic rings. The molecular formula is C13H9N4O4-. The van der Waals surface area contributed by atoms with Crippen molar-refractivity contribution in [3.05, 3.63) is 64.0 Å². The standard InChI is InChI=1S/C13H10N4O4/c18-10-4-5-12(17(20)21)9(7-10)8-15-16-13(19)11-3-1-2-6-14-11/h1-8,18H,(H,16,19)/p-1/b15-8-. The Labute approximate surface area is 118 Å². The van der Waals surface area contributed by atoms with Crippen LogP contribution in [-0.4, -0.2) is 22.0 Å². The lowest BCUT2D eigenvalue weighted by Gasteiger charge is -2.05. The van der Waals surface area contributed by atoms with Gasteiger partial charge in [-0.15, -0.1) is 5.75 Å². The number of nitrogens with one attached hydrogen (secondary N) is 1. The van der Waals surface area contributed by atoms with Crippen LogP contribution in [0.3, 0.4) is 0 Å². The average molecular weight is 285 g/mol. The fraction of sp³-hybridized carbons (Fsp3) is 0. The highest BCUT2D eigenvalue weighted by atomic mass is 16.6. The molecule has 8 heteroatoms. The molecule has 8 nitrogen and oxygen atoms in total. The molecule has 106 valence electrons. The van der Waals surface area contributed by atoms with Crippen molar-refractivity contribution in [1.29, 1.82) is 0 Å². The van der Waals surface area contributed by atoms with Crippen LogP contribution in [0.1, 0.15) is 16.1 Å². The average Bonchev–Trinajstić information content (AvgIpc) is 2.48. The Morgan fingerprint density at radius 3 is 2.81 bits per heavy atom. The number of amides is 1. The number of nitrogens with zero attached hydrogens (tertiary/aromatic N) is 3. The predicted octanol–water partition coefficient (Wildman–Crippen LogP) is 0.827. The second-order valence-electron chi connectivity index (χ2n) is 3.89. The first kappa shape index (κ1) is 14.1. The molecule has 0 spiro atoms. The summed E-state index contributed by atoms with van der Waals surface area (Å²) in [6.45, 7) is 0. The third kappa shape index (κ3) is 3.60. The highest BCUT2D eigenvalue weighted by Gasteiger charge is 2.11. The molecule has 2 aromatic rings. The van der Waals surface area contributed by atoms with Crippen molar-refractivity contribution in [2.24, 2.45) is 5.10 Å². The van der Waals surface area contributed by atoms with Gasteiger partial charge in [-0.2, -0.15) is 5.10 Å². The zero-order chi connectivity index (χ0) is 15.2. The van der Waals surface area contributed by atoms with Gasteiger partial charge in [-0.25, -0.2) is 5.43 Å². The minimum absolute atomic E-state index is 0.00817. The van der Waals surface area contributed by atoms with Crippen molar-refractivity contribution >= 4 is 17.8 Å². The van der Waals surface area contributed by atoms with Crippen molar-refractivity contribution in [2.45, 2.75) is 0 Å². The molecule has 0 saturated carbocycles. The van der Waals surface area contributed by atoms with Crippen LogP contribution in [-0.2, 0) is 0 Å². The minimum Gasteiger partial charge on any atom is -0.872 e. The van der Waals surface area contributed by atoms with Crippen molar-refractivity contribution < 1.29 is 14.8 Å². The second-order valence-corrected chi connectivity index (χ2v) is 3.89. The van der Waals surface area contributed by atoms with Gasteiger partial charge in [-0.3, -0.25) is 19.9 Å². The zero-order valence-electron chi connectivity index (χ0n) is 10.6. The molecule has 0 fully saturated rings. The molecule has 0 atom stereocenters. The van der Waals surface area contributed by atoms with Gasteiger partial charge in [0.25, 0.3) is 11.6 Å². The first-order valence-electron chi connectivity index (χ1n) is 5.78. The Balaban J connectivity index is 2.13. The van der Waals surface area contributed by atoms with Gasteiger partial charge in [0.15, 0.2) is 0 Å². The van der Waals surface area contributed by atoms with E-state index in [-0.39, 0.29) is 16.9 Å². The summed E-state index contributed by atoms with van der Waals surface area (Å²) >= 11 is 0. The summed E-state index contributed by atoms with van der Waals surface area (Å²) in [7, 11) is 0. The minimum atomic E-state index is -0.638. The van der Waals surface area contributed by atoms with Crippen molar-refractivity contribution in [1.82, 2.24) is 10.4 Å². The molecule has 1 aromatic heterocycles. The maximum absolute atomic E-state index is 11.6. The topological polar surface area (TPSA) is 121 Å². The van der Waals surface area contributed by atoms with Crippen LogP contribution in [0, 0.1) is 10.1 Å².